The molecular formula is C29H25ClF3N3O7S2. The minimum absolute atomic E-state index is 0.126. The molecule has 10 nitrogen and oxygen atoms in total. The third kappa shape index (κ3) is 7.79. The number of sulfonamides is 2. The molecule has 0 bridgehead atoms. The number of rotatable bonds is 11. The molecule has 0 fully saturated rings. The van der Waals surface area contributed by atoms with Crippen LogP contribution in [0.5, 0.6) is 11.5 Å². The van der Waals surface area contributed by atoms with Crippen molar-refractivity contribution in [2.24, 2.45) is 0 Å². The van der Waals surface area contributed by atoms with E-state index in [9.17, 15) is 34.8 Å². The average molecular weight is 684 g/mol. The summed E-state index contributed by atoms with van der Waals surface area (Å²) in [5.41, 5.74) is -1.24. The number of para-hydroxylation sites is 1. The van der Waals surface area contributed by atoms with E-state index >= 15 is 0 Å². The molecule has 2 N–H and O–H groups in total. The number of alkyl halides is 3. The van der Waals surface area contributed by atoms with Crippen molar-refractivity contribution in [2.75, 3.05) is 35.1 Å². The first kappa shape index (κ1) is 33.4. The Morgan fingerprint density at radius 1 is 0.800 bits per heavy atom. The van der Waals surface area contributed by atoms with Gasteiger partial charge >= 0.3 is 6.18 Å². The van der Waals surface area contributed by atoms with E-state index < -0.39 is 49.3 Å². The largest absolute Gasteiger partial charge is 0.493 e. The lowest BCUT2D eigenvalue weighted by atomic mass is 10.2. The van der Waals surface area contributed by atoms with Crippen LogP contribution in [0.3, 0.4) is 0 Å². The number of carbonyl (C=O) groups is 1. The van der Waals surface area contributed by atoms with Crippen molar-refractivity contribution in [3.63, 3.8) is 0 Å². The van der Waals surface area contributed by atoms with Crippen LogP contribution in [0.15, 0.2) is 101 Å². The number of amides is 1. The molecule has 0 aliphatic rings. The van der Waals surface area contributed by atoms with E-state index in [0.29, 0.717) is 11.8 Å². The summed E-state index contributed by atoms with van der Waals surface area (Å²) >= 11 is 5.60. The highest BCUT2D eigenvalue weighted by Crippen LogP contribution is 2.37. The van der Waals surface area contributed by atoms with Crippen molar-refractivity contribution in [1.82, 2.24) is 0 Å². The molecular weight excluding hydrogens is 659 g/mol. The molecule has 0 unspecified atom stereocenters. The van der Waals surface area contributed by atoms with E-state index in [0.717, 1.165) is 28.6 Å². The molecule has 0 saturated carbocycles. The normalized spacial score (nSPS) is 11.9. The van der Waals surface area contributed by atoms with Crippen LogP contribution in [0.1, 0.15) is 5.56 Å². The zero-order valence-corrected chi connectivity index (χ0v) is 25.9. The summed E-state index contributed by atoms with van der Waals surface area (Å²) in [5.74, 6) is -0.282. The van der Waals surface area contributed by atoms with Gasteiger partial charge in [-0.05, 0) is 66.7 Å². The Labute approximate surface area is 262 Å². The number of halogens is 4. The zero-order chi connectivity index (χ0) is 33.0. The predicted molar refractivity (Wildman–Crippen MR) is 163 cm³/mol. The number of carbonyl (C=O) groups excluding carboxylic acids is 1. The first-order valence-corrected chi connectivity index (χ1v) is 16.0. The lowest BCUT2D eigenvalue weighted by Gasteiger charge is -2.24. The van der Waals surface area contributed by atoms with Crippen LogP contribution in [0.2, 0.25) is 5.02 Å². The second kappa shape index (κ2) is 13.3. The molecule has 16 heteroatoms. The molecule has 0 aliphatic carbocycles. The van der Waals surface area contributed by atoms with E-state index in [1.165, 1.54) is 56.7 Å². The third-order valence-corrected chi connectivity index (χ3v) is 9.74. The van der Waals surface area contributed by atoms with Gasteiger partial charge in [-0.15, -0.1) is 0 Å². The molecule has 4 rings (SSSR count). The number of ether oxygens (including phenoxy) is 2. The number of anilines is 3. The highest BCUT2D eigenvalue weighted by molar-refractivity contribution is 7.93. The van der Waals surface area contributed by atoms with Gasteiger partial charge in [-0.1, -0.05) is 29.8 Å². The van der Waals surface area contributed by atoms with E-state index in [1.807, 2.05) is 0 Å². The van der Waals surface area contributed by atoms with Crippen LogP contribution in [-0.4, -0.2) is 43.5 Å². The fraction of sp³-hybridized carbons (Fsp3) is 0.138. The number of nitrogens with zero attached hydrogens (tertiary/aromatic N) is 1. The van der Waals surface area contributed by atoms with Gasteiger partial charge in [0.25, 0.3) is 20.0 Å². The molecule has 45 heavy (non-hydrogen) atoms. The molecule has 0 spiro atoms. The first-order valence-electron chi connectivity index (χ1n) is 12.7. The van der Waals surface area contributed by atoms with Gasteiger partial charge < -0.3 is 14.8 Å². The summed E-state index contributed by atoms with van der Waals surface area (Å²) in [6.45, 7) is -0.652. The molecule has 0 radical (unpaired) electrons. The lowest BCUT2D eigenvalue weighted by molar-refractivity contribution is -0.137. The van der Waals surface area contributed by atoms with Crippen LogP contribution in [0.4, 0.5) is 30.2 Å². The van der Waals surface area contributed by atoms with Crippen LogP contribution in [0.25, 0.3) is 0 Å². The summed E-state index contributed by atoms with van der Waals surface area (Å²) in [6, 6.07) is 19.2. The average Bonchev–Trinajstić information content (AvgIpc) is 3.00. The number of benzene rings is 4. The van der Waals surface area contributed by atoms with E-state index in [1.54, 1.807) is 18.2 Å². The molecule has 0 atom stereocenters. The molecule has 0 aliphatic heterocycles. The van der Waals surface area contributed by atoms with Crippen molar-refractivity contribution in [2.45, 2.75) is 16.0 Å². The second-order valence-electron chi connectivity index (χ2n) is 9.23. The second-order valence-corrected chi connectivity index (χ2v) is 13.2. The van der Waals surface area contributed by atoms with Gasteiger partial charge in [-0.2, -0.15) is 13.2 Å². The van der Waals surface area contributed by atoms with Gasteiger partial charge in [0.1, 0.15) is 6.54 Å². The molecule has 1 amide bonds. The summed E-state index contributed by atoms with van der Waals surface area (Å²) in [7, 11) is -5.88. The molecule has 0 aromatic heterocycles. The zero-order valence-electron chi connectivity index (χ0n) is 23.5. The quantitative estimate of drug-likeness (QED) is 0.198. The van der Waals surface area contributed by atoms with Crippen molar-refractivity contribution in [3.05, 3.63) is 102 Å². The first-order chi connectivity index (χ1) is 21.2. The smallest absolute Gasteiger partial charge is 0.417 e. The van der Waals surface area contributed by atoms with Gasteiger partial charge in [0.15, 0.2) is 11.5 Å². The summed E-state index contributed by atoms with van der Waals surface area (Å²) < 4.78 is 106. The van der Waals surface area contributed by atoms with Gasteiger partial charge in [-0.25, -0.2) is 16.8 Å². The monoisotopic (exact) mass is 683 g/mol. The Morgan fingerprint density at radius 3 is 2.00 bits per heavy atom. The minimum Gasteiger partial charge on any atom is -0.493 e. The van der Waals surface area contributed by atoms with Crippen LogP contribution in [0, 0.1) is 0 Å². The van der Waals surface area contributed by atoms with Crippen molar-refractivity contribution < 1.29 is 44.3 Å². The molecule has 4 aromatic carbocycles. The Kier molecular flexibility index (Phi) is 9.85. The highest BCUT2D eigenvalue weighted by atomic mass is 35.5. The van der Waals surface area contributed by atoms with E-state index in [-0.39, 0.29) is 32.6 Å². The topological polar surface area (TPSA) is 131 Å². The van der Waals surface area contributed by atoms with Crippen molar-refractivity contribution in [1.29, 1.82) is 0 Å². The number of hydrogen-bond acceptors (Lipinski definition) is 7. The van der Waals surface area contributed by atoms with Crippen LogP contribution >= 0.6 is 11.6 Å². The Morgan fingerprint density at radius 2 is 1.40 bits per heavy atom. The van der Waals surface area contributed by atoms with E-state index in [2.05, 4.69) is 10.0 Å². The standard InChI is InChI=1S/C29H25ClF3N3O7S2/c1-42-26-15-13-23(17-27(26)43-2)45(40,41)36(21-6-4-3-5-7-21)18-28(37)34-19-8-11-22(12-9-19)44(38,39)35-20-10-14-25(30)24(16-20)29(31,32)33/h3-17,35H,18H2,1-2H3,(H,34,37). The maximum Gasteiger partial charge on any atom is 0.417 e. The summed E-state index contributed by atoms with van der Waals surface area (Å²) in [4.78, 5) is 12.6. The summed E-state index contributed by atoms with van der Waals surface area (Å²) in [5, 5.41) is 1.93. The van der Waals surface area contributed by atoms with Crippen molar-refractivity contribution >= 4 is 54.6 Å². The van der Waals surface area contributed by atoms with Gasteiger partial charge in [0, 0.05) is 17.4 Å². The predicted octanol–water partition coefficient (Wildman–Crippen LogP) is 6.01. The maximum absolute atomic E-state index is 13.7. The van der Waals surface area contributed by atoms with Gasteiger partial charge in [0.05, 0.1) is 40.3 Å². The van der Waals surface area contributed by atoms with Crippen LogP contribution in [-0.2, 0) is 31.0 Å². The fourth-order valence-corrected chi connectivity index (χ4v) is 6.79. The summed E-state index contributed by atoms with van der Waals surface area (Å²) in [6.07, 6.45) is -4.80. The molecule has 0 saturated heterocycles. The Bertz CT molecular complexity index is 1910. The van der Waals surface area contributed by atoms with Gasteiger partial charge in [0.2, 0.25) is 5.91 Å². The lowest BCUT2D eigenvalue weighted by Crippen LogP contribution is -2.38. The number of nitrogens with one attached hydrogen (secondary N) is 2. The molecule has 238 valence electrons. The van der Waals surface area contributed by atoms with Crippen LogP contribution < -0.4 is 23.8 Å². The number of methoxy groups -OCH3 is 2. The maximum atomic E-state index is 13.7. The SMILES string of the molecule is COc1ccc(S(=O)(=O)N(CC(=O)Nc2ccc(S(=O)(=O)Nc3ccc(Cl)c(C(F)(F)F)c3)cc2)c2ccccc2)cc1OC. The molecule has 0 heterocycles. The minimum atomic E-state index is -4.80. The van der Waals surface area contributed by atoms with Gasteiger partial charge in [-0.3, -0.25) is 13.8 Å². The number of hydrogen-bond donors (Lipinski definition) is 2. The Balaban J connectivity index is 1.53. The Hall–Kier alpha value is -4.47. The fourth-order valence-electron chi connectivity index (χ4n) is 4.08. The third-order valence-electron chi connectivity index (χ3n) is 6.25. The highest BCUT2D eigenvalue weighted by Gasteiger charge is 2.34. The molecule has 4 aromatic rings. The van der Waals surface area contributed by atoms with Crippen molar-refractivity contribution in [3.8, 4) is 11.5 Å². The van der Waals surface area contributed by atoms with E-state index in [4.69, 9.17) is 21.1 Å².